The molecular weight excluding hydrogens is 588 g/mol. The zero-order valence-corrected chi connectivity index (χ0v) is 26.6. The lowest BCUT2D eigenvalue weighted by Crippen LogP contribution is -2.61. The predicted molar refractivity (Wildman–Crippen MR) is 173 cm³/mol. The fourth-order valence-electron chi connectivity index (χ4n) is 6.60. The average molecular weight is 633 g/mol. The first-order valence-corrected chi connectivity index (χ1v) is 16.1. The zero-order chi connectivity index (χ0) is 31.9. The van der Waals surface area contributed by atoms with Crippen LogP contribution in [0.4, 0.5) is 10.5 Å². The molecule has 1 unspecified atom stereocenters. The fourth-order valence-corrected chi connectivity index (χ4v) is 6.60. The van der Waals surface area contributed by atoms with Crippen LogP contribution in [0.25, 0.3) is 0 Å². The molecule has 0 aliphatic carbocycles. The highest BCUT2D eigenvalue weighted by molar-refractivity contribution is 5.66. The maximum atomic E-state index is 12.8. The number of methoxy groups -OCH3 is 2. The SMILES string of the molecule is COCCCN1CCOc2ccc(CO[C@H]3C(Cc4ccccc4)N(C(=O)O)C[C@@H](OC[C@H]4CO4)[C@H]3c3ccc(OC)cc3)cc21. The topological polar surface area (TPSA) is 102 Å². The molecule has 0 saturated carbocycles. The maximum Gasteiger partial charge on any atom is 0.407 e. The van der Waals surface area contributed by atoms with Crippen LogP contribution in [0.3, 0.4) is 0 Å². The first kappa shape index (κ1) is 32.1. The molecule has 0 spiro atoms. The largest absolute Gasteiger partial charge is 0.497 e. The number of anilines is 1. The minimum atomic E-state index is -0.989. The molecule has 3 aromatic rings. The lowest BCUT2D eigenvalue weighted by molar-refractivity contribution is -0.117. The number of fused-ring (bicyclic) bond motifs is 1. The molecule has 0 aromatic heterocycles. The Hall–Kier alpha value is -3.83. The highest BCUT2D eigenvalue weighted by Gasteiger charge is 2.48. The van der Waals surface area contributed by atoms with Crippen LogP contribution >= 0.6 is 0 Å². The summed E-state index contributed by atoms with van der Waals surface area (Å²) in [6.07, 6.45) is -0.458. The van der Waals surface area contributed by atoms with Crippen LogP contribution in [0.5, 0.6) is 11.5 Å². The Bertz CT molecular complexity index is 1420. The third-order valence-corrected chi connectivity index (χ3v) is 9.05. The van der Waals surface area contributed by atoms with Gasteiger partial charge >= 0.3 is 6.09 Å². The van der Waals surface area contributed by atoms with Gasteiger partial charge in [0.2, 0.25) is 0 Å². The molecule has 0 bridgehead atoms. The van der Waals surface area contributed by atoms with Crippen molar-refractivity contribution in [2.75, 3.05) is 65.2 Å². The number of likely N-dealkylation sites (tertiary alicyclic amines) is 1. The van der Waals surface area contributed by atoms with Crippen molar-refractivity contribution >= 4 is 11.8 Å². The number of piperidine rings is 1. The van der Waals surface area contributed by atoms with Crippen LogP contribution in [-0.4, -0.2) is 101 Å². The van der Waals surface area contributed by atoms with Crippen molar-refractivity contribution in [2.45, 2.75) is 49.7 Å². The first-order valence-electron chi connectivity index (χ1n) is 16.1. The van der Waals surface area contributed by atoms with Crippen molar-refractivity contribution in [2.24, 2.45) is 0 Å². The van der Waals surface area contributed by atoms with E-state index in [4.69, 9.17) is 28.4 Å². The number of rotatable bonds is 14. The van der Waals surface area contributed by atoms with Crippen molar-refractivity contribution in [3.8, 4) is 11.5 Å². The predicted octanol–water partition coefficient (Wildman–Crippen LogP) is 4.99. The smallest absolute Gasteiger partial charge is 0.407 e. The third kappa shape index (κ3) is 7.75. The Morgan fingerprint density at radius 1 is 1.00 bits per heavy atom. The minimum absolute atomic E-state index is 0.0424. The summed E-state index contributed by atoms with van der Waals surface area (Å²) in [5.74, 6) is 1.37. The second-order valence-corrected chi connectivity index (χ2v) is 12.1. The molecule has 46 heavy (non-hydrogen) atoms. The lowest BCUT2D eigenvalue weighted by atomic mass is 9.78. The summed E-state index contributed by atoms with van der Waals surface area (Å²) >= 11 is 0. The lowest BCUT2D eigenvalue weighted by Gasteiger charge is -2.48. The third-order valence-electron chi connectivity index (χ3n) is 9.05. The number of epoxide rings is 1. The molecule has 1 amide bonds. The van der Waals surface area contributed by atoms with Gasteiger partial charge in [-0.05, 0) is 53.8 Å². The highest BCUT2D eigenvalue weighted by Crippen LogP contribution is 2.40. The number of carbonyl (C=O) groups is 1. The summed E-state index contributed by atoms with van der Waals surface area (Å²) in [4.78, 5) is 16.7. The van der Waals surface area contributed by atoms with Crippen molar-refractivity contribution in [3.05, 3.63) is 89.5 Å². The van der Waals surface area contributed by atoms with E-state index in [1.54, 1.807) is 14.2 Å². The van der Waals surface area contributed by atoms with Gasteiger partial charge in [-0.15, -0.1) is 0 Å². The molecular formula is C36H44N2O8. The van der Waals surface area contributed by atoms with E-state index >= 15 is 0 Å². The van der Waals surface area contributed by atoms with Gasteiger partial charge in [-0.2, -0.15) is 0 Å². The summed E-state index contributed by atoms with van der Waals surface area (Å²) in [6.45, 7) is 4.60. The number of nitrogens with zero attached hydrogens (tertiary/aromatic N) is 2. The number of amides is 1. The van der Waals surface area contributed by atoms with E-state index in [0.29, 0.717) is 39.5 Å². The number of hydrogen-bond acceptors (Lipinski definition) is 8. The van der Waals surface area contributed by atoms with Crippen molar-refractivity contribution in [1.82, 2.24) is 4.90 Å². The van der Waals surface area contributed by atoms with E-state index < -0.39 is 24.3 Å². The molecule has 2 saturated heterocycles. The van der Waals surface area contributed by atoms with Gasteiger partial charge in [0.1, 0.15) is 24.2 Å². The van der Waals surface area contributed by atoms with Crippen LogP contribution in [0.1, 0.15) is 29.0 Å². The summed E-state index contributed by atoms with van der Waals surface area (Å²) in [5.41, 5.74) is 4.09. The van der Waals surface area contributed by atoms with E-state index in [0.717, 1.165) is 53.4 Å². The van der Waals surface area contributed by atoms with Gasteiger partial charge in [-0.25, -0.2) is 4.79 Å². The standard InChI is InChI=1S/C36H44N2O8/c1-41-17-6-15-37-16-18-43-32-14-9-26(20-30(32)37)22-46-35-31(19-25-7-4-3-5-8-25)38(36(39)40)21-33(45-24-29-23-44-29)34(35)27-10-12-28(42-2)13-11-27/h3-5,7-14,20,29,31,33-35H,6,15-19,21-24H2,1-2H3,(H,39,40)/t29-,31?,33-,34-,35+/m1/s1. The Morgan fingerprint density at radius 2 is 1.80 bits per heavy atom. The minimum Gasteiger partial charge on any atom is -0.497 e. The van der Waals surface area contributed by atoms with Gasteiger partial charge < -0.3 is 38.4 Å². The van der Waals surface area contributed by atoms with Crippen molar-refractivity contribution in [1.29, 1.82) is 0 Å². The van der Waals surface area contributed by atoms with Gasteiger partial charge in [0.25, 0.3) is 0 Å². The van der Waals surface area contributed by atoms with Crippen molar-refractivity contribution < 1.29 is 38.3 Å². The van der Waals surface area contributed by atoms with E-state index in [1.165, 1.54) is 4.90 Å². The Balaban J connectivity index is 1.33. The van der Waals surface area contributed by atoms with Crippen LogP contribution in [0, 0.1) is 0 Å². The van der Waals surface area contributed by atoms with Gasteiger partial charge in [0.15, 0.2) is 0 Å². The van der Waals surface area contributed by atoms with Crippen LogP contribution in [0.2, 0.25) is 0 Å². The molecule has 0 radical (unpaired) electrons. The van der Waals surface area contributed by atoms with Crippen molar-refractivity contribution in [3.63, 3.8) is 0 Å². The Labute approximate surface area is 270 Å². The second kappa shape index (κ2) is 15.2. The molecule has 2 fully saturated rings. The fraction of sp³-hybridized carbons (Fsp3) is 0.472. The molecule has 3 aliphatic rings. The first-order chi connectivity index (χ1) is 22.5. The van der Waals surface area contributed by atoms with Gasteiger partial charge in [0.05, 0.1) is 64.0 Å². The monoisotopic (exact) mass is 632 g/mol. The van der Waals surface area contributed by atoms with E-state index in [1.807, 2.05) is 66.7 Å². The quantitative estimate of drug-likeness (QED) is 0.195. The number of ether oxygens (including phenoxy) is 6. The number of benzene rings is 3. The average Bonchev–Trinajstić information content (AvgIpc) is 3.92. The zero-order valence-electron chi connectivity index (χ0n) is 26.6. The second-order valence-electron chi connectivity index (χ2n) is 12.1. The summed E-state index contributed by atoms with van der Waals surface area (Å²) in [7, 11) is 3.37. The van der Waals surface area contributed by atoms with E-state index in [-0.39, 0.29) is 18.6 Å². The number of hydrogen-bond donors (Lipinski definition) is 1. The Kier molecular flexibility index (Phi) is 10.6. The maximum absolute atomic E-state index is 12.8. The molecule has 3 heterocycles. The van der Waals surface area contributed by atoms with Gasteiger partial charge in [0, 0.05) is 26.2 Å². The molecule has 10 heteroatoms. The van der Waals surface area contributed by atoms with Gasteiger partial charge in [-0.1, -0.05) is 48.5 Å². The van der Waals surface area contributed by atoms with Crippen LogP contribution in [-0.2, 0) is 32.0 Å². The summed E-state index contributed by atoms with van der Waals surface area (Å²) < 4.78 is 35.5. The van der Waals surface area contributed by atoms with Crippen LogP contribution in [0.15, 0.2) is 72.8 Å². The molecule has 10 nitrogen and oxygen atoms in total. The van der Waals surface area contributed by atoms with E-state index in [9.17, 15) is 9.90 Å². The highest BCUT2D eigenvalue weighted by atomic mass is 16.6. The number of carboxylic acid groups (broad SMARTS) is 1. The molecule has 1 N–H and O–H groups in total. The molecule has 3 aromatic carbocycles. The molecule has 5 atom stereocenters. The molecule has 6 rings (SSSR count). The molecule has 246 valence electrons. The summed E-state index contributed by atoms with van der Waals surface area (Å²) in [5, 5.41) is 10.5. The van der Waals surface area contributed by atoms with Crippen LogP contribution < -0.4 is 14.4 Å². The molecule has 3 aliphatic heterocycles. The Morgan fingerprint density at radius 3 is 2.52 bits per heavy atom. The summed E-state index contributed by atoms with van der Waals surface area (Å²) in [6, 6.07) is 23.7. The van der Waals surface area contributed by atoms with Gasteiger partial charge in [-0.3, -0.25) is 4.90 Å². The van der Waals surface area contributed by atoms with E-state index in [2.05, 4.69) is 11.0 Å². The normalized spacial score (nSPS) is 23.8.